The van der Waals surface area contributed by atoms with Crippen LogP contribution in [0.1, 0.15) is 46.0 Å². The van der Waals surface area contributed by atoms with Gasteiger partial charge in [-0.05, 0) is 50.3 Å². The Balaban J connectivity index is 2.76. The second kappa shape index (κ2) is 12.3. The van der Waals surface area contributed by atoms with Crippen LogP contribution in [0.5, 0.6) is 0 Å². The number of hydrogen-bond donors (Lipinski definition) is 1. The Morgan fingerprint density at radius 2 is 1.62 bits per heavy atom. The number of unbranched alkanes of at least 4 members (excludes halogenated alkanes) is 2. The van der Waals surface area contributed by atoms with Crippen molar-refractivity contribution in [2.75, 3.05) is 24.6 Å². The molecule has 0 saturated heterocycles. The van der Waals surface area contributed by atoms with Crippen molar-refractivity contribution in [3.8, 4) is 0 Å². The second-order valence-electron chi connectivity index (χ2n) is 3.42. The van der Waals surface area contributed by atoms with Crippen molar-refractivity contribution in [1.29, 1.82) is 0 Å². The highest BCUT2D eigenvalue weighted by Crippen LogP contribution is 2.06. The van der Waals surface area contributed by atoms with Gasteiger partial charge in [-0.15, -0.1) is 0 Å². The lowest BCUT2D eigenvalue weighted by atomic mass is 10.3. The Labute approximate surface area is 88.1 Å². The first-order valence-electron chi connectivity index (χ1n) is 5.70. The third kappa shape index (κ3) is 12.3. The lowest BCUT2D eigenvalue weighted by Gasteiger charge is -2.02. The fourth-order valence-electron chi connectivity index (χ4n) is 1.10. The molecule has 0 spiro atoms. The molecule has 13 heavy (non-hydrogen) atoms. The molecule has 2 heteroatoms. The molecular formula is C11H25NS. The van der Waals surface area contributed by atoms with Gasteiger partial charge in [-0.1, -0.05) is 20.3 Å². The van der Waals surface area contributed by atoms with E-state index in [4.69, 9.17) is 0 Å². The van der Waals surface area contributed by atoms with Gasteiger partial charge >= 0.3 is 0 Å². The molecule has 0 radical (unpaired) electrons. The first kappa shape index (κ1) is 13.3. The lowest BCUT2D eigenvalue weighted by Crippen LogP contribution is -2.15. The minimum absolute atomic E-state index is 1.18. The van der Waals surface area contributed by atoms with Crippen LogP contribution in [0.25, 0.3) is 0 Å². The van der Waals surface area contributed by atoms with E-state index in [1.165, 1.54) is 56.7 Å². The van der Waals surface area contributed by atoms with Gasteiger partial charge < -0.3 is 5.32 Å². The fraction of sp³-hybridized carbons (Fsp3) is 1.00. The third-order valence-corrected chi connectivity index (χ3v) is 3.12. The van der Waals surface area contributed by atoms with Gasteiger partial charge in [0, 0.05) is 0 Å². The van der Waals surface area contributed by atoms with E-state index in [1.54, 1.807) is 0 Å². The molecule has 0 fully saturated rings. The molecule has 0 atom stereocenters. The van der Waals surface area contributed by atoms with Crippen molar-refractivity contribution < 1.29 is 0 Å². The van der Waals surface area contributed by atoms with E-state index in [2.05, 4.69) is 30.9 Å². The normalized spacial score (nSPS) is 10.6. The van der Waals surface area contributed by atoms with Crippen LogP contribution in [-0.4, -0.2) is 24.6 Å². The molecular weight excluding hydrogens is 178 g/mol. The molecule has 0 amide bonds. The van der Waals surface area contributed by atoms with Crippen LogP contribution < -0.4 is 5.32 Å². The molecule has 0 heterocycles. The van der Waals surface area contributed by atoms with Crippen molar-refractivity contribution in [3.05, 3.63) is 0 Å². The standard InChI is InChI=1S/C11H25NS/c1-3-5-10-13-11-7-6-9-12-8-4-2/h12H,3-11H2,1-2H3. The Bertz CT molecular complexity index is 76.2. The van der Waals surface area contributed by atoms with Crippen LogP contribution >= 0.6 is 11.8 Å². The van der Waals surface area contributed by atoms with Gasteiger partial charge in [-0.25, -0.2) is 0 Å². The SMILES string of the molecule is CCCCSCCCCNCCC. The predicted octanol–water partition coefficient (Wildman–Crippen LogP) is 3.30. The molecule has 0 aromatic rings. The average molecular weight is 203 g/mol. The number of nitrogens with one attached hydrogen (secondary N) is 1. The van der Waals surface area contributed by atoms with Gasteiger partial charge in [-0.3, -0.25) is 0 Å². The van der Waals surface area contributed by atoms with Crippen LogP contribution in [0.2, 0.25) is 0 Å². The molecule has 0 aliphatic carbocycles. The largest absolute Gasteiger partial charge is 0.317 e. The van der Waals surface area contributed by atoms with Gasteiger partial charge in [0.25, 0.3) is 0 Å². The summed E-state index contributed by atoms with van der Waals surface area (Å²) in [6.45, 7) is 6.87. The van der Waals surface area contributed by atoms with Crippen molar-refractivity contribution in [3.63, 3.8) is 0 Å². The Kier molecular flexibility index (Phi) is 12.6. The topological polar surface area (TPSA) is 12.0 Å². The lowest BCUT2D eigenvalue weighted by molar-refractivity contribution is 0.635. The zero-order chi connectivity index (χ0) is 9.78. The number of rotatable bonds is 10. The summed E-state index contributed by atoms with van der Waals surface area (Å²) >= 11 is 2.11. The molecule has 0 aromatic heterocycles. The second-order valence-corrected chi connectivity index (χ2v) is 4.65. The molecule has 0 aliphatic rings. The van der Waals surface area contributed by atoms with Crippen LogP contribution in [0.4, 0.5) is 0 Å². The smallest absolute Gasteiger partial charge is 0.00486 e. The molecule has 0 rings (SSSR count). The van der Waals surface area contributed by atoms with E-state index >= 15 is 0 Å². The minimum atomic E-state index is 1.18. The fourth-order valence-corrected chi connectivity index (χ4v) is 2.21. The van der Waals surface area contributed by atoms with Gasteiger partial charge in [0.1, 0.15) is 0 Å². The maximum absolute atomic E-state index is 3.43. The Morgan fingerprint density at radius 3 is 2.31 bits per heavy atom. The highest BCUT2D eigenvalue weighted by atomic mass is 32.2. The maximum atomic E-state index is 3.43. The first-order valence-corrected chi connectivity index (χ1v) is 6.85. The van der Waals surface area contributed by atoms with E-state index in [0.29, 0.717) is 0 Å². The van der Waals surface area contributed by atoms with Crippen LogP contribution in [-0.2, 0) is 0 Å². The van der Waals surface area contributed by atoms with Crippen molar-refractivity contribution in [2.45, 2.75) is 46.0 Å². The summed E-state index contributed by atoms with van der Waals surface area (Å²) in [5.41, 5.74) is 0. The summed E-state index contributed by atoms with van der Waals surface area (Å²) in [7, 11) is 0. The van der Waals surface area contributed by atoms with E-state index < -0.39 is 0 Å². The van der Waals surface area contributed by atoms with Gasteiger partial charge in [0.05, 0.1) is 0 Å². The quantitative estimate of drug-likeness (QED) is 0.547. The zero-order valence-electron chi connectivity index (χ0n) is 9.27. The molecule has 0 saturated carbocycles. The minimum Gasteiger partial charge on any atom is -0.317 e. The van der Waals surface area contributed by atoms with Crippen LogP contribution in [0.3, 0.4) is 0 Å². The maximum Gasteiger partial charge on any atom is -0.00486 e. The molecule has 1 nitrogen and oxygen atoms in total. The van der Waals surface area contributed by atoms with Crippen LogP contribution in [0, 0.1) is 0 Å². The molecule has 0 unspecified atom stereocenters. The summed E-state index contributed by atoms with van der Waals surface area (Å²) in [6, 6.07) is 0. The molecule has 1 N–H and O–H groups in total. The van der Waals surface area contributed by atoms with E-state index in [9.17, 15) is 0 Å². The number of hydrogen-bond acceptors (Lipinski definition) is 2. The summed E-state index contributed by atoms with van der Waals surface area (Å²) in [5.74, 6) is 2.71. The zero-order valence-corrected chi connectivity index (χ0v) is 10.1. The Hall–Kier alpha value is 0.310. The van der Waals surface area contributed by atoms with Crippen LogP contribution in [0.15, 0.2) is 0 Å². The predicted molar refractivity (Wildman–Crippen MR) is 64.6 cm³/mol. The Morgan fingerprint density at radius 1 is 0.846 bits per heavy atom. The molecule has 0 bridgehead atoms. The van der Waals surface area contributed by atoms with E-state index in [1.807, 2.05) is 0 Å². The highest BCUT2D eigenvalue weighted by molar-refractivity contribution is 7.99. The first-order chi connectivity index (χ1) is 6.41. The van der Waals surface area contributed by atoms with Crippen molar-refractivity contribution >= 4 is 11.8 Å². The summed E-state index contributed by atoms with van der Waals surface area (Å²) in [4.78, 5) is 0. The van der Waals surface area contributed by atoms with Gasteiger partial charge in [0.15, 0.2) is 0 Å². The van der Waals surface area contributed by atoms with Crippen molar-refractivity contribution in [1.82, 2.24) is 5.32 Å². The van der Waals surface area contributed by atoms with Gasteiger partial charge in [-0.2, -0.15) is 11.8 Å². The highest BCUT2D eigenvalue weighted by Gasteiger charge is 1.90. The molecule has 80 valence electrons. The monoisotopic (exact) mass is 203 g/mol. The van der Waals surface area contributed by atoms with E-state index in [0.717, 1.165) is 0 Å². The average Bonchev–Trinajstić information content (AvgIpc) is 2.16. The third-order valence-electron chi connectivity index (χ3n) is 1.96. The number of thioether (sulfide) groups is 1. The van der Waals surface area contributed by atoms with Crippen molar-refractivity contribution in [2.24, 2.45) is 0 Å². The summed E-state index contributed by atoms with van der Waals surface area (Å²) in [5, 5.41) is 3.43. The summed E-state index contributed by atoms with van der Waals surface area (Å²) < 4.78 is 0. The van der Waals surface area contributed by atoms with Gasteiger partial charge in [0.2, 0.25) is 0 Å². The molecule has 0 aromatic carbocycles. The molecule has 0 aliphatic heterocycles. The van der Waals surface area contributed by atoms with E-state index in [-0.39, 0.29) is 0 Å². The summed E-state index contributed by atoms with van der Waals surface area (Å²) in [6.07, 6.45) is 6.71.